The molecule has 0 unspecified atom stereocenters. The monoisotopic (exact) mass is 392 g/mol. The Morgan fingerprint density at radius 3 is 2.62 bits per heavy atom. The van der Waals surface area contributed by atoms with E-state index in [1.54, 1.807) is 25.1 Å². The van der Waals surface area contributed by atoms with Crippen LogP contribution < -0.4 is 10.2 Å². The van der Waals surface area contributed by atoms with Crippen molar-refractivity contribution >= 4 is 34.8 Å². The van der Waals surface area contributed by atoms with Crippen molar-refractivity contribution in [2.75, 3.05) is 6.61 Å². The SMILES string of the molecule is C/C(=N/NC(=O)COc1cc(C)ccc1C(C)C)c1cc(Cl)ccc1Cl. The first-order chi connectivity index (χ1) is 12.3. The first-order valence-corrected chi connectivity index (χ1v) is 9.05. The highest BCUT2D eigenvalue weighted by Gasteiger charge is 2.11. The van der Waals surface area contributed by atoms with Gasteiger partial charge < -0.3 is 4.74 Å². The van der Waals surface area contributed by atoms with Gasteiger partial charge in [0.2, 0.25) is 0 Å². The molecule has 0 spiro atoms. The standard InChI is InChI=1S/C20H22Cl2N2O2/c1-12(2)16-7-5-13(3)9-19(16)26-11-20(25)24-23-14(4)17-10-15(21)6-8-18(17)22/h5-10,12H,11H2,1-4H3,(H,24,25)/b23-14-. The molecule has 0 saturated heterocycles. The summed E-state index contributed by atoms with van der Waals surface area (Å²) >= 11 is 12.1. The molecule has 0 bridgehead atoms. The van der Waals surface area contributed by atoms with E-state index in [0.29, 0.717) is 33.0 Å². The fourth-order valence-electron chi connectivity index (χ4n) is 2.40. The zero-order valence-corrected chi connectivity index (χ0v) is 16.8. The van der Waals surface area contributed by atoms with Gasteiger partial charge in [-0.15, -0.1) is 0 Å². The maximum Gasteiger partial charge on any atom is 0.277 e. The molecule has 0 saturated carbocycles. The molecule has 4 nitrogen and oxygen atoms in total. The molecule has 2 aromatic rings. The predicted molar refractivity (Wildman–Crippen MR) is 108 cm³/mol. The zero-order chi connectivity index (χ0) is 19.3. The van der Waals surface area contributed by atoms with Gasteiger partial charge in [0.25, 0.3) is 5.91 Å². The molecule has 1 amide bonds. The van der Waals surface area contributed by atoms with Crippen molar-refractivity contribution in [1.29, 1.82) is 0 Å². The lowest BCUT2D eigenvalue weighted by Crippen LogP contribution is -2.26. The van der Waals surface area contributed by atoms with Crippen LogP contribution in [-0.4, -0.2) is 18.2 Å². The third-order valence-corrected chi connectivity index (χ3v) is 4.38. The molecular formula is C20H22Cl2N2O2. The molecule has 2 rings (SSSR count). The fraction of sp³-hybridized carbons (Fsp3) is 0.300. The first-order valence-electron chi connectivity index (χ1n) is 8.30. The summed E-state index contributed by atoms with van der Waals surface area (Å²) in [5.74, 6) is 0.673. The van der Waals surface area contributed by atoms with Gasteiger partial charge in [0.05, 0.1) is 5.71 Å². The number of aryl methyl sites for hydroxylation is 1. The van der Waals surface area contributed by atoms with Crippen LogP contribution in [0.1, 0.15) is 43.4 Å². The van der Waals surface area contributed by atoms with E-state index in [9.17, 15) is 4.79 Å². The fourth-order valence-corrected chi connectivity index (χ4v) is 2.83. The molecule has 0 aromatic heterocycles. The van der Waals surface area contributed by atoms with Crippen molar-refractivity contribution in [3.05, 3.63) is 63.1 Å². The number of halogens is 2. The average Bonchev–Trinajstić information content (AvgIpc) is 2.59. The molecule has 0 aliphatic rings. The summed E-state index contributed by atoms with van der Waals surface area (Å²) in [5.41, 5.74) is 5.85. The van der Waals surface area contributed by atoms with E-state index in [4.69, 9.17) is 27.9 Å². The number of amides is 1. The molecule has 0 aliphatic carbocycles. The molecule has 2 aromatic carbocycles. The van der Waals surface area contributed by atoms with E-state index in [2.05, 4.69) is 24.4 Å². The highest BCUT2D eigenvalue weighted by atomic mass is 35.5. The van der Waals surface area contributed by atoms with Crippen LogP contribution in [-0.2, 0) is 4.79 Å². The molecule has 0 aliphatic heterocycles. The van der Waals surface area contributed by atoms with Crippen molar-refractivity contribution < 1.29 is 9.53 Å². The van der Waals surface area contributed by atoms with Gasteiger partial charge in [-0.1, -0.05) is 49.2 Å². The van der Waals surface area contributed by atoms with Crippen molar-refractivity contribution in [3.63, 3.8) is 0 Å². The summed E-state index contributed by atoms with van der Waals surface area (Å²) in [6.07, 6.45) is 0. The van der Waals surface area contributed by atoms with Gasteiger partial charge in [-0.25, -0.2) is 5.43 Å². The molecule has 6 heteroatoms. The average molecular weight is 393 g/mol. The van der Waals surface area contributed by atoms with Crippen LogP contribution in [0.2, 0.25) is 10.0 Å². The van der Waals surface area contributed by atoms with Crippen LogP contribution in [0.3, 0.4) is 0 Å². The van der Waals surface area contributed by atoms with E-state index in [1.807, 2.05) is 25.1 Å². The van der Waals surface area contributed by atoms with Crippen molar-refractivity contribution in [1.82, 2.24) is 5.43 Å². The van der Waals surface area contributed by atoms with E-state index in [-0.39, 0.29) is 12.5 Å². The zero-order valence-electron chi connectivity index (χ0n) is 15.3. The molecule has 0 radical (unpaired) electrons. The van der Waals surface area contributed by atoms with E-state index >= 15 is 0 Å². The third kappa shape index (κ3) is 5.48. The van der Waals surface area contributed by atoms with Crippen LogP contribution in [0.15, 0.2) is 41.5 Å². The summed E-state index contributed by atoms with van der Waals surface area (Å²) in [7, 11) is 0. The Balaban J connectivity index is 2.01. The lowest BCUT2D eigenvalue weighted by Gasteiger charge is -2.14. The maximum absolute atomic E-state index is 12.1. The Bertz CT molecular complexity index is 833. The third-order valence-electron chi connectivity index (χ3n) is 3.82. The summed E-state index contributed by atoms with van der Waals surface area (Å²) in [5, 5.41) is 5.14. The van der Waals surface area contributed by atoms with E-state index < -0.39 is 0 Å². The van der Waals surface area contributed by atoms with Gasteiger partial charge in [0, 0.05) is 15.6 Å². The number of ether oxygens (including phenoxy) is 1. The normalized spacial score (nSPS) is 11.6. The van der Waals surface area contributed by atoms with Crippen LogP contribution in [0.5, 0.6) is 5.75 Å². The molecule has 0 atom stereocenters. The number of rotatable bonds is 6. The Hall–Kier alpha value is -2.04. The predicted octanol–water partition coefficient (Wildman–Crippen LogP) is 5.34. The minimum Gasteiger partial charge on any atom is -0.483 e. The largest absolute Gasteiger partial charge is 0.483 e. The highest BCUT2D eigenvalue weighted by Crippen LogP contribution is 2.27. The second-order valence-electron chi connectivity index (χ2n) is 6.34. The number of nitrogens with zero attached hydrogens (tertiary/aromatic N) is 1. The molecule has 138 valence electrons. The first kappa shape index (κ1) is 20.3. The van der Waals surface area contributed by atoms with Gasteiger partial charge in [0.15, 0.2) is 6.61 Å². The number of hydrogen-bond acceptors (Lipinski definition) is 3. The summed E-state index contributed by atoms with van der Waals surface area (Å²) in [4.78, 5) is 12.1. The molecular weight excluding hydrogens is 371 g/mol. The minimum absolute atomic E-state index is 0.122. The van der Waals surface area contributed by atoms with Crippen molar-refractivity contribution in [3.8, 4) is 5.75 Å². The summed E-state index contributed by atoms with van der Waals surface area (Å²) < 4.78 is 5.69. The molecule has 1 N–H and O–H groups in total. The lowest BCUT2D eigenvalue weighted by molar-refractivity contribution is -0.123. The smallest absolute Gasteiger partial charge is 0.277 e. The maximum atomic E-state index is 12.1. The second kappa shape index (κ2) is 9.06. The lowest BCUT2D eigenvalue weighted by atomic mass is 10.0. The molecule has 0 heterocycles. The topological polar surface area (TPSA) is 50.7 Å². The van der Waals surface area contributed by atoms with Gasteiger partial charge in [-0.05, 0) is 55.2 Å². The summed E-state index contributed by atoms with van der Waals surface area (Å²) in [6, 6.07) is 11.1. The van der Waals surface area contributed by atoms with E-state index in [1.165, 1.54) is 0 Å². The molecule has 0 fully saturated rings. The highest BCUT2D eigenvalue weighted by molar-refractivity contribution is 6.36. The Morgan fingerprint density at radius 1 is 1.19 bits per heavy atom. The van der Waals surface area contributed by atoms with Crippen LogP contribution in [0, 0.1) is 6.92 Å². The Kier molecular flexibility index (Phi) is 7.06. The minimum atomic E-state index is -0.348. The Labute approximate surface area is 164 Å². The number of nitrogens with one attached hydrogen (secondary N) is 1. The second-order valence-corrected chi connectivity index (χ2v) is 7.18. The van der Waals surface area contributed by atoms with Gasteiger partial charge in [-0.2, -0.15) is 5.10 Å². The summed E-state index contributed by atoms with van der Waals surface area (Å²) in [6.45, 7) is 7.78. The van der Waals surface area contributed by atoms with Crippen molar-refractivity contribution in [2.24, 2.45) is 5.10 Å². The quantitative estimate of drug-likeness (QED) is 0.532. The molecule has 26 heavy (non-hydrogen) atoms. The number of carbonyl (C=O) groups is 1. The van der Waals surface area contributed by atoms with Crippen LogP contribution in [0.4, 0.5) is 0 Å². The van der Waals surface area contributed by atoms with Crippen LogP contribution in [0.25, 0.3) is 0 Å². The van der Waals surface area contributed by atoms with Gasteiger partial charge in [0.1, 0.15) is 5.75 Å². The number of hydrazone groups is 1. The number of benzene rings is 2. The van der Waals surface area contributed by atoms with Crippen LogP contribution >= 0.6 is 23.2 Å². The van der Waals surface area contributed by atoms with Gasteiger partial charge >= 0.3 is 0 Å². The van der Waals surface area contributed by atoms with Crippen molar-refractivity contribution in [2.45, 2.75) is 33.6 Å². The van der Waals surface area contributed by atoms with Gasteiger partial charge in [-0.3, -0.25) is 4.79 Å². The number of carbonyl (C=O) groups excluding carboxylic acids is 1. The van der Waals surface area contributed by atoms with E-state index in [0.717, 1.165) is 11.1 Å². The number of hydrogen-bond donors (Lipinski definition) is 1. The Morgan fingerprint density at radius 2 is 1.92 bits per heavy atom.